The van der Waals surface area contributed by atoms with Crippen molar-refractivity contribution in [3.8, 4) is 5.75 Å². The Morgan fingerprint density at radius 3 is 2.78 bits per heavy atom. The molecule has 18 heavy (non-hydrogen) atoms. The Morgan fingerprint density at radius 2 is 2.11 bits per heavy atom. The predicted octanol–water partition coefficient (Wildman–Crippen LogP) is 3.94. The van der Waals surface area contributed by atoms with Gasteiger partial charge < -0.3 is 14.2 Å². The molecule has 0 N–H and O–H groups in total. The standard InChI is InChI=1S/C13H16BrClO3/c1-9-7-10(14)8-11(15)13(9)18-6-3-12-16-4-2-5-17-12/h7-8,12H,2-6H2,1H3. The van der Waals surface area contributed by atoms with Crippen LogP contribution in [-0.2, 0) is 9.47 Å². The Kier molecular flexibility index (Phi) is 5.30. The molecule has 3 nitrogen and oxygen atoms in total. The first-order chi connectivity index (χ1) is 8.66. The molecule has 100 valence electrons. The molecule has 1 heterocycles. The zero-order chi connectivity index (χ0) is 13.0. The van der Waals surface area contributed by atoms with Gasteiger partial charge in [0.1, 0.15) is 5.75 Å². The number of hydrogen-bond acceptors (Lipinski definition) is 3. The van der Waals surface area contributed by atoms with Crippen molar-refractivity contribution in [2.24, 2.45) is 0 Å². The summed E-state index contributed by atoms with van der Waals surface area (Å²) in [5, 5.41) is 0.618. The number of halogens is 2. The van der Waals surface area contributed by atoms with Crippen LogP contribution in [0.3, 0.4) is 0 Å². The van der Waals surface area contributed by atoms with Crippen molar-refractivity contribution in [1.29, 1.82) is 0 Å². The maximum atomic E-state index is 6.14. The van der Waals surface area contributed by atoms with Crippen molar-refractivity contribution in [3.63, 3.8) is 0 Å². The molecule has 5 heteroatoms. The molecule has 0 radical (unpaired) electrons. The van der Waals surface area contributed by atoms with Gasteiger partial charge in [0.05, 0.1) is 24.8 Å². The van der Waals surface area contributed by atoms with Crippen LogP contribution in [0, 0.1) is 6.92 Å². The van der Waals surface area contributed by atoms with Gasteiger partial charge in [0.2, 0.25) is 0 Å². The van der Waals surface area contributed by atoms with E-state index in [1.165, 1.54) is 0 Å². The Hall–Kier alpha value is -0.290. The summed E-state index contributed by atoms with van der Waals surface area (Å²) in [7, 11) is 0. The Labute approximate surface area is 120 Å². The largest absolute Gasteiger partial charge is 0.492 e. The molecule has 1 aromatic carbocycles. The lowest BCUT2D eigenvalue weighted by atomic mass is 10.2. The second kappa shape index (κ2) is 6.75. The molecule has 0 amide bonds. The number of ether oxygens (including phenoxy) is 3. The number of rotatable bonds is 4. The van der Waals surface area contributed by atoms with Crippen LogP contribution in [0.2, 0.25) is 5.02 Å². The summed E-state index contributed by atoms with van der Waals surface area (Å²) < 4.78 is 17.6. The fourth-order valence-corrected chi connectivity index (χ4v) is 2.86. The molecule has 1 fully saturated rings. The monoisotopic (exact) mass is 334 g/mol. The smallest absolute Gasteiger partial charge is 0.160 e. The summed E-state index contributed by atoms with van der Waals surface area (Å²) in [6.45, 7) is 4.04. The summed E-state index contributed by atoms with van der Waals surface area (Å²) in [5.74, 6) is 0.732. The third kappa shape index (κ3) is 3.85. The van der Waals surface area contributed by atoms with Gasteiger partial charge in [-0.2, -0.15) is 0 Å². The van der Waals surface area contributed by atoms with Gasteiger partial charge in [0.15, 0.2) is 6.29 Å². The summed E-state index contributed by atoms with van der Waals surface area (Å²) in [6.07, 6.45) is 1.54. The van der Waals surface area contributed by atoms with Gasteiger partial charge in [-0.3, -0.25) is 0 Å². The van der Waals surface area contributed by atoms with E-state index in [0.717, 1.165) is 35.4 Å². The maximum absolute atomic E-state index is 6.14. The molecule has 0 spiro atoms. The van der Waals surface area contributed by atoms with E-state index >= 15 is 0 Å². The van der Waals surface area contributed by atoms with Crippen LogP contribution in [0.15, 0.2) is 16.6 Å². The summed E-state index contributed by atoms with van der Waals surface area (Å²) in [6, 6.07) is 3.81. The first-order valence-electron chi connectivity index (χ1n) is 5.98. The molecule has 0 aliphatic carbocycles. The van der Waals surface area contributed by atoms with Gasteiger partial charge in [-0.1, -0.05) is 27.5 Å². The third-order valence-corrected chi connectivity index (χ3v) is 3.43. The Morgan fingerprint density at radius 1 is 1.39 bits per heavy atom. The molecule has 2 rings (SSSR count). The van der Waals surface area contributed by atoms with Crippen molar-refractivity contribution < 1.29 is 14.2 Å². The van der Waals surface area contributed by atoms with Crippen molar-refractivity contribution in [3.05, 3.63) is 27.2 Å². The lowest BCUT2D eigenvalue weighted by molar-refractivity contribution is -0.183. The highest BCUT2D eigenvalue weighted by Gasteiger charge is 2.15. The van der Waals surface area contributed by atoms with Gasteiger partial charge in [-0.25, -0.2) is 0 Å². The predicted molar refractivity (Wildman–Crippen MR) is 74.3 cm³/mol. The highest BCUT2D eigenvalue weighted by molar-refractivity contribution is 9.10. The van der Waals surface area contributed by atoms with Crippen molar-refractivity contribution >= 4 is 27.5 Å². The van der Waals surface area contributed by atoms with E-state index in [4.69, 9.17) is 25.8 Å². The quantitative estimate of drug-likeness (QED) is 0.834. The SMILES string of the molecule is Cc1cc(Br)cc(Cl)c1OCCC1OCCCO1. The van der Waals surface area contributed by atoms with Crippen LogP contribution < -0.4 is 4.74 Å². The van der Waals surface area contributed by atoms with Crippen LogP contribution in [0.25, 0.3) is 0 Å². The number of hydrogen-bond donors (Lipinski definition) is 0. The van der Waals surface area contributed by atoms with Crippen molar-refractivity contribution in [1.82, 2.24) is 0 Å². The van der Waals surface area contributed by atoms with Gasteiger partial charge in [0, 0.05) is 10.9 Å². The van der Waals surface area contributed by atoms with E-state index < -0.39 is 0 Å². The van der Waals surface area contributed by atoms with Crippen molar-refractivity contribution in [2.45, 2.75) is 26.1 Å². The fraction of sp³-hybridized carbons (Fsp3) is 0.538. The van der Waals surface area contributed by atoms with Crippen LogP contribution in [-0.4, -0.2) is 26.1 Å². The van der Waals surface area contributed by atoms with Crippen LogP contribution in [0.4, 0.5) is 0 Å². The molecular formula is C13H16BrClO3. The molecule has 1 aliphatic rings. The molecule has 0 aromatic heterocycles. The normalized spacial score (nSPS) is 16.8. The minimum absolute atomic E-state index is 0.145. The van der Waals surface area contributed by atoms with Crippen LogP contribution >= 0.6 is 27.5 Å². The second-order valence-corrected chi connectivity index (χ2v) is 5.52. The van der Waals surface area contributed by atoms with E-state index in [0.29, 0.717) is 18.1 Å². The molecule has 0 atom stereocenters. The van der Waals surface area contributed by atoms with E-state index in [2.05, 4.69) is 15.9 Å². The third-order valence-electron chi connectivity index (χ3n) is 2.69. The number of benzene rings is 1. The van der Waals surface area contributed by atoms with Gasteiger partial charge in [-0.05, 0) is 31.0 Å². The maximum Gasteiger partial charge on any atom is 0.160 e. The zero-order valence-electron chi connectivity index (χ0n) is 10.2. The molecule has 0 saturated carbocycles. The Balaban J connectivity index is 1.86. The van der Waals surface area contributed by atoms with Crippen LogP contribution in [0.5, 0.6) is 5.75 Å². The minimum Gasteiger partial charge on any atom is -0.492 e. The highest BCUT2D eigenvalue weighted by atomic mass is 79.9. The average molecular weight is 336 g/mol. The first kappa shape index (κ1) is 14.1. The topological polar surface area (TPSA) is 27.7 Å². The lowest BCUT2D eigenvalue weighted by Crippen LogP contribution is -2.26. The zero-order valence-corrected chi connectivity index (χ0v) is 12.6. The summed E-state index contributed by atoms with van der Waals surface area (Å²) in [5.41, 5.74) is 1.01. The Bertz CT molecular complexity index is 382. The molecule has 0 unspecified atom stereocenters. The first-order valence-corrected chi connectivity index (χ1v) is 7.15. The number of aryl methyl sites for hydroxylation is 1. The van der Waals surface area contributed by atoms with Crippen LogP contribution in [0.1, 0.15) is 18.4 Å². The molecule has 1 aliphatic heterocycles. The molecule has 0 bridgehead atoms. The highest BCUT2D eigenvalue weighted by Crippen LogP contribution is 2.32. The minimum atomic E-state index is -0.145. The van der Waals surface area contributed by atoms with Gasteiger partial charge in [-0.15, -0.1) is 0 Å². The van der Waals surface area contributed by atoms with E-state index in [-0.39, 0.29) is 6.29 Å². The molecule has 1 saturated heterocycles. The van der Waals surface area contributed by atoms with Crippen molar-refractivity contribution in [2.75, 3.05) is 19.8 Å². The van der Waals surface area contributed by atoms with E-state index in [1.807, 2.05) is 19.1 Å². The van der Waals surface area contributed by atoms with Gasteiger partial charge >= 0.3 is 0 Å². The molecule has 1 aromatic rings. The van der Waals surface area contributed by atoms with E-state index in [1.54, 1.807) is 0 Å². The molecular weight excluding hydrogens is 319 g/mol. The summed E-state index contributed by atoms with van der Waals surface area (Å²) >= 11 is 9.54. The average Bonchev–Trinajstić information content (AvgIpc) is 2.34. The lowest BCUT2D eigenvalue weighted by Gasteiger charge is -2.23. The summed E-state index contributed by atoms with van der Waals surface area (Å²) in [4.78, 5) is 0. The second-order valence-electron chi connectivity index (χ2n) is 4.20. The van der Waals surface area contributed by atoms with Gasteiger partial charge in [0.25, 0.3) is 0 Å². The fourth-order valence-electron chi connectivity index (χ4n) is 1.83. The van der Waals surface area contributed by atoms with E-state index in [9.17, 15) is 0 Å².